The molecule has 0 aliphatic heterocycles. The first-order valence-corrected chi connectivity index (χ1v) is 20.1. The second kappa shape index (κ2) is 35.5. The molecular weight excluding hydrogens is 588 g/mol. The molecule has 6 nitrogen and oxygen atoms in total. The van der Waals surface area contributed by atoms with Gasteiger partial charge >= 0.3 is 17.9 Å². The molecule has 0 N–H and O–H groups in total. The van der Waals surface area contributed by atoms with E-state index >= 15 is 0 Å². The average Bonchev–Trinajstić information content (AvgIpc) is 3.06. The van der Waals surface area contributed by atoms with Crippen molar-refractivity contribution < 1.29 is 28.6 Å². The Morgan fingerprint density at radius 2 is 0.745 bits per heavy atom. The fourth-order valence-electron chi connectivity index (χ4n) is 5.90. The SMILES string of the molecule is C=CC(OC(=O)CCCCCCCCCCC)C(COC(=O)CCCCCCCCCCC)OC(=O)CCCCCCCCCCC. The predicted molar refractivity (Wildman–Crippen MR) is 196 cm³/mol. The van der Waals surface area contributed by atoms with Crippen LogP contribution in [0.3, 0.4) is 0 Å². The summed E-state index contributed by atoms with van der Waals surface area (Å²) in [6.45, 7) is 10.4. The molecule has 0 bridgehead atoms. The molecule has 0 aromatic carbocycles. The van der Waals surface area contributed by atoms with Crippen LogP contribution in [0.2, 0.25) is 0 Å². The van der Waals surface area contributed by atoms with Crippen LogP contribution in [-0.2, 0) is 28.6 Å². The molecule has 0 saturated carbocycles. The van der Waals surface area contributed by atoms with Gasteiger partial charge in [-0.2, -0.15) is 0 Å². The molecule has 0 radical (unpaired) electrons. The van der Waals surface area contributed by atoms with Crippen molar-refractivity contribution >= 4 is 17.9 Å². The maximum atomic E-state index is 12.8. The number of hydrogen-bond donors (Lipinski definition) is 0. The molecular formula is C41H76O6. The van der Waals surface area contributed by atoms with Gasteiger partial charge < -0.3 is 14.2 Å². The van der Waals surface area contributed by atoms with E-state index in [1.54, 1.807) is 0 Å². The molecule has 0 amide bonds. The topological polar surface area (TPSA) is 78.9 Å². The number of esters is 3. The summed E-state index contributed by atoms with van der Waals surface area (Å²) in [5.41, 5.74) is 0. The molecule has 0 aliphatic rings. The van der Waals surface area contributed by atoms with Crippen molar-refractivity contribution in [1.82, 2.24) is 0 Å². The zero-order chi connectivity index (χ0) is 34.6. The molecule has 6 heteroatoms. The second-order valence-corrected chi connectivity index (χ2v) is 13.6. The summed E-state index contributed by atoms with van der Waals surface area (Å²) < 4.78 is 17.0. The quantitative estimate of drug-likeness (QED) is 0.0287. The number of ether oxygens (including phenoxy) is 3. The van der Waals surface area contributed by atoms with E-state index in [9.17, 15) is 14.4 Å². The minimum Gasteiger partial charge on any atom is -0.462 e. The number of unbranched alkanes of at least 4 members (excludes halogenated alkanes) is 24. The van der Waals surface area contributed by atoms with Crippen LogP contribution in [0.25, 0.3) is 0 Å². The Kier molecular flexibility index (Phi) is 34.1. The van der Waals surface area contributed by atoms with Crippen molar-refractivity contribution in [3.05, 3.63) is 12.7 Å². The van der Waals surface area contributed by atoms with Gasteiger partial charge in [-0.3, -0.25) is 14.4 Å². The standard InChI is InChI=1S/C41H76O6/c1-5-9-12-15-18-21-24-27-30-33-39(42)45-36-38(47-41(44)35-32-29-26-23-20-17-14-11-7-3)37(8-4)46-40(43)34-31-28-25-22-19-16-13-10-6-2/h8,37-38H,4-7,9-36H2,1-3H3. The van der Waals surface area contributed by atoms with Crippen LogP contribution in [0.15, 0.2) is 12.7 Å². The van der Waals surface area contributed by atoms with Gasteiger partial charge in [-0.1, -0.05) is 181 Å². The van der Waals surface area contributed by atoms with E-state index in [4.69, 9.17) is 14.2 Å². The first-order valence-electron chi connectivity index (χ1n) is 20.1. The summed E-state index contributed by atoms with van der Waals surface area (Å²) in [6, 6.07) is 0. The van der Waals surface area contributed by atoms with Crippen molar-refractivity contribution in [1.29, 1.82) is 0 Å². The number of hydrogen-bond acceptors (Lipinski definition) is 6. The molecule has 2 atom stereocenters. The number of carbonyl (C=O) groups excluding carboxylic acids is 3. The van der Waals surface area contributed by atoms with E-state index in [-0.39, 0.29) is 24.5 Å². The van der Waals surface area contributed by atoms with E-state index in [1.807, 2.05) is 0 Å². The highest BCUT2D eigenvalue weighted by molar-refractivity contribution is 5.71. The van der Waals surface area contributed by atoms with E-state index in [2.05, 4.69) is 27.4 Å². The summed E-state index contributed by atoms with van der Waals surface area (Å²) in [6.07, 6.45) is 32.3. The Morgan fingerprint density at radius 1 is 0.447 bits per heavy atom. The third-order valence-corrected chi connectivity index (χ3v) is 9.01. The van der Waals surface area contributed by atoms with Crippen LogP contribution in [0.1, 0.15) is 213 Å². The van der Waals surface area contributed by atoms with Crippen molar-refractivity contribution in [2.45, 2.75) is 226 Å². The molecule has 0 heterocycles. The van der Waals surface area contributed by atoms with Crippen LogP contribution < -0.4 is 0 Å². The normalized spacial score (nSPS) is 12.4. The Hall–Kier alpha value is -1.85. The first-order chi connectivity index (χ1) is 23.0. The molecule has 2 unspecified atom stereocenters. The molecule has 0 spiro atoms. The molecule has 0 fully saturated rings. The van der Waals surface area contributed by atoms with Gasteiger partial charge in [0.1, 0.15) is 6.61 Å². The predicted octanol–water partition coefficient (Wildman–Crippen LogP) is 12.3. The molecule has 0 rings (SSSR count). The van der Waals surface area contributed by atoms with Crippen molar-refractivity contribution in [2.24, 2.45) is 0 Å². The third-order valence-electron chi connectivity index (χ3n) is 9.01. The highest BCUT2D eigenvalue weighted by atomic mass is 16.6. The van der Waals surface area contributed by atoms with E-state index in [0.717, 1.165) is 57.8 Å². The number of carbonyl (C=O) groups is 3. The summed E-state index contributed by atoms with van der Waals surface area (Å²) in [4.78, 5) is 38.0. The molecule has 47 heavy (non-hydrogen) atoms. The second-order valence-electron chi connectivity index (χ2n) is 13.6. The lowest BCUT2D eigenvalue weighted by molar-refractivity contribution is -0.172. The van der Waals surface area contributed by atoms with Gasteiger partial charge in [0.2, 0.25) is 0 Å². The maximum absolute atomic E-state index is 12.8. The van der Waals surface area contributed by atoms with Gasteiger partial charge in [-0.15, -0.1) is 0 Å². The Balaban J connectivity index is 4.66. The van der Waals surface area contributed by atoms with Gasteiger partial charge in [0, 0.05) is 19.3 Å². The van der Waals surface area contributed by atoms with Gasteiger partial charge in [0.15, 0.2) is 12.2 Å². The van der Waals surface area contributed by atoms with Crippen molar-refractivity contribution in [2.75, 3.05) is 6.61 Å². The monoisotopic (exact) mass is 665 g/mol. The summed E-state index contributed by atoms with van der Waals surface area (Å²) >= 11 is 0. The summed E-state index contributed by atoms with van der Waals surface area (Å²) in [5, 5.41) is 0. The van der Waals surface area contributed by atoms with Gasteiger partial charge in [-0.05, 0) is 25.3 Å². The third kappa shape index (κ3) is 31.2. The van der Waals surface area contributed by atoms with Crippen LogP contribution >= 0.6 is 0 Å². The number of rotatable bonds is 36. The van der Waals surface area contributed by atoms with Crippen molar-refractivity contribution in [3.8, 4) is 0 Å². The zero-order valence-corrected chi connectivity index (χ0v) is 31.3. The van der Waals surface area contributed by atoms with Gasteiger partial charge in [0.05, 0.1) is 0 Å². The lowest BCUT2D eigenvalue weighted by Gasteiger charge is -2.24. The minimum absolute atomic E-state index is 0.137. The first kappa shape index (κ1) is 45.2. The lowest BCUT2D eigenvalue weighted by atomic mass is 10.1. The van der Waals surface area contributed by atoms with Gasteiger partial charge in [0.25, 0.3) is 0 Å². The molecule has 0 aliphatic carbocycles. The average molecular weight is 665 g/mol. The fourth-order valence-corrected chi connectivity index (χ4v) is 5.90. The van der Waals surface area contributed by atoms with Crippen LogP contribution in [0.4, 0.5) is 0 Å². The zero-order valence-electron chi connectivity index (χ0n) is 31.3. The Labute approximate surface area is 290 Å². The molecule has 0 saturated heterocycles. The fraction of sp³-hybridized carbons (Fsp3) is 0.878. The van der Waals surface area contributed by atoms with E-state index < -0.39 is 12.2 Å². The van der Waals surface area contributed by atoms with Crippen molar-refractivity contribution in [3.63, 3.8) is 0 Å². The smallest absolute Gasteiger partial charge is 0.306 e. The van der Waals surface area contributed by atoms with Crippen LogP contribution in [-0.4, -0.2) is 36.7 Å². The Bertz CT molecular complexity index is 735. The summed E-state index contributed by atoms with van der Waals surface area (Å²) in [5.74, 6) is -0.995. The van der Waals surface area contributed by atoms with Gasteiger partial charge in [-0.25, -0.2) is 0 Å². The highest BCUT2D eigenvalue weighted by Crippen LogP contribution is 2.16. The minimum atomic E-state index is -0.891. The van der Waals surface area contributed by atoms with Crippen LogP contribution in [0, 0.1) is 0 Å². The Morgan fingerprint density at radius 3 is 1.09 bits per heavy atom. The maximum Gasteiger partial charge on any atom is 0.306 e. The summed E-state index contributed by atoms with van der Waals surface area (Å²) in [7, 11) is 0. The molecule has 0 aromatic rings. The lowest BCUT2D eigenvalue weighted by Crippen LogP contribution is -2.38. The van der Waals surface area contributed by atoms with E-state index in [0.29, 0.717) is 19.3 Å². The highest BCUT2D eigenvalue weighted by Gasteiger charge is 2.28. The largest absolute Gasteiger partial charge is 0.462 e. The molecule has 276 valence electrons. The molecule has 0 aromatic heterocycles. The van der Waals surface area contributed by atoms with Crippen LogP contribution in [0.5, 0.6) is 0 Å². The van der Waals surface area contributed by atoms with E-state index in [1.165, 1.54) is 122 Å².